The third-order valence-electron chi connectivity index (χ3n) is 2.93. The Morgan fingerprint density at radius 3 is 2.94 bits per heavy atom. The summed E-state index contributed by atoms with van der Waals surface area (Å²) in [7, 11) is 3.38. The molecule has 1 aromatic rings. The van der Waals surface area contributed by atoms with E-state index in [1.54, 1.807) is 14.2 Å². The number of benzene rings is 1. The standard InChI is InChI=1S/C13H19NO3/c1-15-9-10-3-4-11(16-2)7-12(10)13-8-14-5-6-17-13/h3-4,7,13-14H,5-6,8-9H2,1-2H3. The predicted molar refractivity (Wildman–Crippen MR) is 65.3 cm³/mol. The summed E-state index contributed by atoms with van der Waals surface area (Å²) in [5.41, 5.74) is 2.31. The van der Waals surface area contributed by atoms with Crippen LogP contribution in [0.2, 0.25) is 0 Å². The summed E-state index contributed by atoms with van der Waals surface area (Å²) < 4.78 is 16.3. The van der Waals surface area contributed by atoms with Gasteiger partial charge in [0.25, 0.3) is 0 Å². The highest BCUT2D eigenvalue weighted by Gasteiger charge is 2.19. The largest absolute Gasteiger partial charge is 0.497 e. The highest BCUT2D eigenvalue weighted by Crippen LogP contribution is 2.27. The highest BCUT2D eigenvalue weighted by molar-refractivity contribution is 5.37. The Balaban J connectivity index is 2.26. The van der Waals surface area contributed by atoms with Gasteiger partial charge in [0.15, 0.2) is 0 Å². The monoisotopic (exact) mass is 237 g/mol. The van der Waals surface area contributed by atoms with E-state index in [2.05, 4.69) is 5.32 Å². The maximum Gasteiger partial charge on any atom is 0.119 e. The van der Waals surface area contributed by atoms with E-state index < -0.39 is 0 Å². The molecule has 0 aliphatic carbocycles. The number of hydrogen-bond donors (Lipinski definition) is 1. The lowest BCUT2D eigenvalue weighted by molar-refractivity contribution is 0.0260. The zero-order chi connectivity index (χ0) is 12.1. The minimum Gasteiger partial charge on any atom is -0.497 e. The highest BCUT2D eigenvalue weighted by atomic mass is 16.5. The molecular formula is C13H19NO3. The molecule has 4 heteroatoms. The second-order valence-corrected chi connectivity index (χ2v) is 4.06. The SMILES string of the molecule is COCc1ccc(OC)cc1C1CNCCO1. The molecule has 1 saturated heterocycles. The van der Waals surface area contributed by atoms with E-state index in [1.807, 2.05) is 18.2 Å². The van der Waals surface area contributed by atoms with Gasteiger partial charge >= 0.3 is 0 Å². The first-order valence-electron chi connectivity index (χ1n) is 5.83. The molecule has 0 bridgehead atoms. The van der Waals surface area contributed by atoms with Crippen LogP contribution in [0.3, 0.4) is 0 Å². The van der Waals surface area contributed by atoms with Crippen LogP contribution in [0.4, 0.5) is 0 Å². The van der Waals surface area contributed by atoms with Crippen LogP contribution < -0.4 is 10.1 Å². The Morgan fingerprint density at radius 2 is 2.29 bits per heavy atom. The van der Waals surface area contributed by atoms with Crippen molar-refractivity contribution in [3.63, 3.8) is 0 Å². The van der Waals surface area contributed by atoms with Crippen LogP contribution in [-0.2, 0) is 16.1 Å². The fourth-order valence-corrected chi connectivity index (χ4v) is 2.05. The molecule has 0 saturated carbocycles. The van der Waals surface area contributed by atoms with Crippen LogP contribution in [0.15, 0.2) is 18.2 Å². The first-order chi connectivity index (χ1) is 8.35. The van der Waals surface area contributed by atoms with Gasteiger partial charge in [-0.05, 0) is 23.3 Å². The minimum atomic E-state index is 0.0870. The van der Waals surface area contributed by atoms with Crippen LogP contribution >= 0.6 is 0 Å². The van der Waals surface area contributed by atoms with E-state index in [1.165, 1.54) is 0 Å². The van der Waals surface area contributed by atoms with E-state index in [-0.39, 0.29) is 6.10 Å². The zero-order valence-electron chi connectivity index (χ0n) is 10.4. The summed E-state index contributed by atoms with van der Waals surface area (Å²) in [4.78, 5) is 0. The molecule has 1 heterocycles. The number of methoxy groups -OCH3 is 2. The summed E-state index contributed by atoms with van der Waals surface area (Å²) in [6.07, 6.45) is 0.0870. The zero-order valence-corrected chi connectivity index (χ0v) is 10.4. The molecule has 1 N–H and O–H groups in total. The molecule has 1 aromatic carbocycles. The molecule has 0 amide bonds. The van der Waals surface area contributed by atoms with Gasteiger partial charge in [-0.3, -0.25) is 0 Å². The van der Waals surface area contributed by atoms with E-state index >= 15 is 0 Å². The van der Waals surface area contributed by atoms with Gasteiger partial charge in [0.1, 0.15) is 5.75 Å². The van der Waals surface area contributed by atoms with E-state index in [0.717, 1.165) is 36.6 Å². The minimum absolute atomic E-state index is 0.0870. The Kier molecular flexibility index (Phi) is 4.36. The molecule has 1 fully saturated rings. The van der Waals surface area contributed by atoms with Gasteiger partial charge in [-0.2, -0.15) is 0 Å². The third-order valence-corrected chi connectivity index (χ3v) is 2.93. The third kappa shape index (κ3) is 2.97. The number of nitrogens with one attached hydrogen (secondary N) is 1. The Morgan fingerprint density at radius 1 is 1.41 bits per heavy atom. The Labute approximate surface area is 102 Å². The fourth-order valence-electron chi connectivity index (χ4n) is 2.05. The first kappa shape index (κ1) is 12.4. The van der Waals surface area contributed by atoms with Crippen molar-refractivity contribution in [1.29, 1.82) is 0 Å². The van der Waals surface area contributed by atoms with Gasteiger partial charge < -0.3 is 19.5 Å². The van der Waals surface area contributed by atoms with Crippen molar-refractivity contribution in [2.24, 2.45) is 0 Å². The molecule has 1 aliphatic rings. The van der Waals surface area contributed by atoms with Crippen LogP contribution in [0.1, 0.15) is 17.2 Å². The van der Waals surface area contributed by atoms with Gasteiger partial charge in [-0.15, -0.1) is 0 Å². The normalized spacial score (nSPS) is 20.2. The smallest absolute Gasteiger partial charge is 0.119 e. The summed E-state index contributed by atoms with van der Waals surface area (Å²) in [5, 5.41) is 3.33. The summed E-state index contributed by atoms with van der Waals surface area (Å²) in [6, 6.07) is 6.02. The Hall–Kier alpha value is -1.10. The van der Waals surface area contributed by atoms with Gasteiger partial charge in [-0.1, -0.05) is 6.07 Å². The molecule has 94 valence electrons. The van der Waals surface area contributed by atoms with Crippen molar-refractivity contribution in [2.75, 3.05) is 33.9 Å². The summed E-state index contributed by atoms with van der Waals surface area (Å²) in [5.74, 6) is 0.856. The van der Waals surface area contributed by atoms with Gasteiger partial charge in [-0.25, -0.2) is 0 Å². The Bertz CT molecular complexity index is 362. The first-order valence-corrected chi connectivity index (χ1v) is 5.83. The number of morpholine rings is 1. The molecule has 1 unspecified atom stereocenters. The number of hydrogen-bond acceptors (Lipinski definition) is 4. The van der Waals surface area contributed by atoms with Crippen molar-refractivity contribution in [2.45, 2.75) is 12.7 Å². The molecule has 2 rings (SSSR count). The molecule has 0 radical (unpaired) electrons. The molecule has 4 nitrogen and oxygen atoms in total. The number of rotatable bonds is 4. The molecular weight excluding hydrogens is 218 g/mol. The van der Waals surface area contributed by atoms with Gasteiger partial charge in [0, 0.05) is 20.2 Å². The average molecular weight is 237 g/mol. The molecule has 1 atom stereocenters. The number of ether oxygens (including phenoxy) is 3. The lowest BCUT2D eigenvalue weighted by atomic mass is 10.0. The fraction of sp³-hybridized carbons (Fsp3) is 0.538. The van der Waals surface area contributed by atoms with Crippen molar-refractivity contribution in [3.05, 3.63) is 29.3 Å². The lowest BCUT2D eigenvalue weighted by Gasteiger charge is -2.26. The second kappa shape index (κ2) is 6.00. The van der Waals surface area contributed by atoms with Crippen molar-refractivity contribution in [3.8, 4) is 5.75 Å². The van der Waals surface area contributed by atoms with Crippen LogP contribution in [-0.4, -0.2) is 33.9 Å². The predicted octanol–water partition coefficient (Wildman–Crippen LogP) is 1.50. The summed E-state index contributed by atoms with van der Waals surface area (Å²) in [6.45, 7) is 3.09. The van der Waals surface area contributed by atoms with E-state index in [0.29, 0.717) is 6.61 Å². The second-order valence-electron chi connectivity index (χ2n) is 4.06. The van der Waals surface area contributed by atoms with Crippen LogP contribution in [0, 0.1) is 0 Å². The molecule has 1 aliphatic heterocycles. The maximum absolute atomic E-state index is 5.78. The van der Waals surface area contributed by atoms with Crippen molar-refractivity contribution < 1.29 is 14.2 Å². The van der Waals surface area contributed by atoms with Gasteiger partial charge in [0.05, 0.1) is 26.4 Å². The van der Waals surface area contributed by atoms with Crippen LogP contribution in [0.5, 0.6) is 5.75 Å². The van der Waals surface area contributed by atoms with Crippen LogP contribution in [0.25, 0.3) is 0 Å². The van der Waals surface area contributed by atoms with Gasteiger partial charge in [0.2, 0.25) is 0 Å². The quantitative estimate of drug-likeness (QED) is 0.861. The van der Waals surface area contributed by atoms with E-state index in [9.17, 15) is 0 Å². The molecule has 0 aromatic heterocycles. The van der Waals surface area contributed by atoms with E-state index in [4.69, 9.17) is 14.2 Å². The lowest BCUT2D eigenvalue weighted by Crippen LogP contribution is -2.33. The molecule has 17 heavy (non-hydrogen) atoms. The summed E-state index contributed by atoms with van der Waals surface area (Å²) >= 11 is 0. The van der Waals surface area contributed by atoms with Crippen molar-refractivity contribution >= 4 is 0 Å². The maximum atomic E-state index is 5.78. The topological polar surface area (TPSA) is 39.7 Å². The molecule has 0 spiro atoms. The average Bonchev–Trinajstić information content (AvgIpc) is 2.40. The van der Waals surface area contributed by atoms with Crippen molar-refractivity contribution in [1.82, 2.24) is 5.32 Å².